The molecule has 2 rings (SSSR count). The van der Waals surface area contributed by atoms with E-state index >= 15 is 0 Å². The average molecular weight is 241 g/mol. The molecule has 1 amide bonds. The normalized spacial score (nSPS) is 18.2. The van der Waals surface area contributed by atoms with Crippen molar-refractivity contribution < 1.29 is 4.79 Å². The number of rotatable bonds is 2. The maximum absolute atomic E-state index is 11.7. The van der Waals surface area contributed by atoms with Crippen molar-refractivity contribution >= 4 is 23.6 Å². The molecule has 1 aliphatic rings. The van der Waals surface area contributed by atoms with Gasteiger partial charge in [0.1, 0.15) is 6.04 Å². The van der Waals surface area contributed by atoms with Crippen LogP contribution in [0.1, 0.15) is 6.04 Å². The van der Waals surface area contributed by atoms with Gasteiger partial charge < -0.3 is 10.6 Å². The molecule has 0 radical (unpaired) electrons. The molecule has 86 valence electrons. The van der Waals surface area contributed by atoms with Gasteiger partial charge in [-0.05, 0) is 0 Å². The number of hydrogen-bond donors (Lipinski definition) is 1. The molecule has 1 atom stereocenters. The zero-order valence-electron chi connectivity index (χ0n) is 8.88. The Hall–Kier alpha value is -1.57. The number of aromatic nitrogens is 3. The van der Waals surface area contributed by atoms with Gasteiger partial charge in [0.25, 0.3) is 0 Å². The van der Waals surface area contributed by atoms with E-state index in [1.54, 1.807) is 19.0 Å². The molecule has 0 aliphatic carbocycles. The first-order chi connectivity index (χ1) is 7.50. The first-order valence-electron chi connectivity index (χ1n) is 4.60. The summed E-state index contributed by atoms with van der Waals surface area (Å²) in [5.74, 6) is 0.249. The van der Waals surface area contributed by atoms with Crippen molar-refractivity contribution in [3.8, 4) is 0 Å². The lowest BCUT2D eigenvalue weighted by molar-refractivity contribution is -0.120. The minimum atomic E-state index is -0.635. The van der Waals surface area contributed by atoms with Gasteiger partial charge >= 0.3 is 5.69 Å². The van der Waals surface area contributed by atoms with Crippen molar-refractivity contribution in [1.29, 1.82) is 0 Å². The number of nitrogens with zero attached hydrogens (tertiary/aromatic N) is 4. The van der Waals surface area contributed by atoms with Crippen molar-refractivity contribution in [2.75, 3.05) is 24.7 Å². The fourth-order valence-corrected chi connectivity index (χ4v) is 2.50. The standard InChI is InChI=1S/C8H11N5O2S/c1-12(2)6-10-7(15)13-4(5(9)14)3-16-8(13)11-6/h4H,3H2,1-2H3,(H2,9,14)/t4-/m0/s1. The van der Waals surface area contributed by atoms with Crippen LogP contribution in [0.15, 0.2) is 9.95 Å². The average Bonchev–Trinajstić information content (AvgIpc) is 2.61. The van der Waals surface area contributed by atoms with Gasteiger partial charge in [0, 0.05) is 19.8 Å². The van der Waals surface area contributed by atoms with E-state index in [0.29, 0.717) is 16.9 Å². The van der Waals surface area contributed by atoms with Crippen LogP contribution in [0.4, 0.5) is 5.95 Å². The highest BCUT2D eigenvalue weighted by Gasteiger charge is 2.30. The minimum absolute atomic E-state index is 0.342. The zero-order valence-corrected chi connectivity index (χ0v) is 9.69. The summed E-state index contributed by atoms with van der Waals surface area (Å²) in [6, 6.07) is -0.635. The van der Waals surface area contributed by atoms with Crippen LogP contribution in [0.3, 0.4) is 0 Å². The summed E-state index contributed by atoms with van der Waals surface area (Å²) < 4.78 is 1.25. The Morgan fingerprint density at radius 1 is 1.56 bits per heavy atom. The second-order valence-corrected chi connectivity index (χ2v) is 4.57. The zero-order chi connectivity index (χ0) is 11.9. The van der Waals surface area contributed by atoms with Crippen molar-refractivity contribution in [1.82, 2.24) is 14.5 Å². The smallest absolute Gasteiger partial charge is 0.353 e. The number of thioether (sulfide) groups is 1. The van der Waals surface area contributed by atoms with Crippen LogP contribution in [0.5, 0.6) is 0 Å². The summed E-state index contributed by atoms with van der Waals surface area (Å²) in [7, 11) is 3.49. The lowest BCUT2D eigenvalue weighted by Gasteiger charge is -2.12. The number of carbonyl (C=O) groups excluding carboxylic acids is 1. The van der Waals surface area contributed by atoms with Gasteiger partial charge in [0.05, 0.1) is 0 Å². The van der Waals surface area contributed by atoms with Gasteiger partial charge in [-0.25, -0.2) is 4.79 Å². The lowest BCUT2D eigenvalue weighted by Crippen LogP contribution is -2.35. The Kier molecular flexibility index (Phi) is 2.58. The molecule has 2 heterocycles. The highest BCUT2D eigenvalue weighted by atomic mass is 32.2. The van der Waals surface area contributed by atoms with Crippen LogP contribution in [0, 0.1) is 0 Å². The predicted octanol–water partition coefficient (Wildman–Crippen LogP) is -1.16. The molecule has 16 heavy (non-hydrogen) atoms. The molecule has 0 saturated heterocycles. The van der Waals surface area contributed by atoms with E-state index in [4.69, 9.17) is 5.73 Å². The number of primary amides is 1. The third-order valence-corrected chi connectivity index (χ3v) is 3.24. The monoisotopic (exact) mass is 241 g/mol. The van der Waals surface area contributed by atoms with E-state index in [2.05, 4.69) is 9.97 Å². The Morgan fingerprint density at radius 2 is 2.25 bits per heavy atom. The van der Waals surface area contributed by atoms with E-state index in [1.165, 1.54) is 16.3 Å². The maximum atomic E-state index is 11.7. The SMILES string of the molecule is CN(C)c1nc2n(c(=O)n1)[C@H](C(N)=O)CS2. The molecule has 0 spiro atoms. The molecule has 1 aromatic rings. The second-order valence-electron chi connectivity index (χ2n) is 3.58. The molecule has 0 aromatic carbocycles. The summed E-state index contributed by atoms with van der Waals surface area (Å²) in [5.41, 5.74) is 4.72. The Morgan fingerprint density at radius 3 is 2.81 bits per heavy atom. The number of hydrogen-bond acceptors (Lipinski definition) is 6. The topological polar surface area (TPSA) is 94.1 Å². The Bertz CT molecular complexity index is 498. The first kappa shape index (κ1) is 10.9. The van der Waals surface area contributed by atoms with Gasteiger partial charge in [-0.2, -0.15) is 9.97 Å². The first-order valence-corrected chi connectivity index (χ1v) is 5.59. The van der Waals surface area contributed by atoms with Crippen LogP contribution in [0.2, 0.25) is 0 Å². The van der Waals surface area contributed by atoms with Gasteiger partial charge in [-0.3, -0.25) is 9.36 Å². The molecular formula is C8H11N5O2S. The van der Waals surface area contributed by atoms with Gasteiger partial charge in [-0.1, -0.05) is 11.8 Å². The summed E-state index contributed by atoms with van der Waals surface area (Å²) in [6.07, 6.45) is 0. The predicted molar refractivity (Wildman–Crippen MR) is 59.6 cm³/mol. The van der Waals surface area contributed by atoms with Crippen molar-refractivity contribution in [2.24, 2.45) is 5.73 Å². The molecule has 0 unspecified atom stereocenters. The molecule has 8 heteroatoms. The molecule has 2 N–H and O–H groups in total. The molecular weight excluding hydrogens is 230 g/mol. The van der Waals surface area contributed by atoms with E-state index in [9.17, 15) is 9.59 Å². The highest BCUT2D eigenvalue weighted by Crippen LogP contribution is 2.29. The molecule has 1 aliphatic heterocycles. The van der Waals surface area contributed by atoms with Crippen LogP contribution in [0.25, 0.3) is 0 Å². The largest absolute Gasteiger partial charge is 0.368 e. The number of nitrogens with two attached hydrogens (primary N) is 1. The van der Waals surface area contributed by atoms with E-state index in [1.807, 2.05) is 0 Å². The second kappa shape index (κ2) is 3.78. The van der Waals surface area contributed by atoms with Crippen LogP contribution in [-0.4, -0.2) is 40.3 Å². The number of amides is 1. The lowest BCUT2D eigenvalue weighted by atomic mass is 10.3. The van der Waals surface area contributed by atoms with Crippen LogP contribution < -0.4 is 16.3 Å². The molecule has 0 bridgehead atoms. The molecule has 7 nitrogen and oxygen atoms in total. The number of fused-ring (bicyclic) bond motifs is 1. The van der Waals surface area contributed by atoms with Crippen molar-refractivity contribution in [3.05, 3.63) is 10.5 Å². The fraction of sp³-hybridized carbons (Fsp3) is 0.500. The third-order valence-electron chi connectivity index (χ3n) is 2.21. The van der Waals surface area contributed by atoms with E-state index < -0.39 is 17.6 Å². The minimum Gasteiger partial charge on any atom is -0.368 e. The highest BCUT2D eigenvalue weighted by molar-refractivity contribution is 7.99. The summed E-state index contributed by atoms with van der Waals surface area (Å²) in [5, 5.41) is 0.493. The van der Waals surface area contributed by atoms with Gasteiger partial charge in [0.15, 0.2) is 5.16 Å². The Balaban J connectivity index is 2.54. The summed E-state index contributed by atoms with van der Waals surface area (Å²) in [6.45, 7) is 0. The third kappa shape index (κ3) is 1.64. The summed E-state index contributed by atoms with van der Waals surface area (Å²) in [4.78, 5) is 32.4. The van der Waals surface area contributed by atoms with Crippen molar-refractivity contribution in [3.63, 3.8) is 0 Å². The Labute approximate surface area is 95.7 Å². The molecule has 1 aromatic heterocycles. The van der Waals surface area contributed by atoms with E-state index in [0.717, 1.165) is 0 Å². The maximum Gasteiger partial charge on any atom is 0.353 e. The van der Waals surface area contributed by atoms with Gasteiger partial charge in [-0.15, -0.1) is 0 Å². The quantitative estimate of drug-likeness (QED) is 0.701. The number of anilines is 1. The van der Waals surface area contributed by atoms with Crippen LogP contribution in [-0.2, 0) is 4.79 Å². The number of carbonyl (C=O) groups is 1. The van der Waals surface area contributed by atoms with Crippen molar-refractivity contribution in [2.45, 2.75) is 11.2 Å². The fourth-order valence-electron chi connectivity index (χ4n) is 1.39. The molecule has 0 fully saturated rings. The van der Waals surface area contributed by atoms with Gasteiger partial charge in [0.2, 0.25) is 11.9 Å². The summed E-state index contributed by atoms with van der Waals surface area (Å²) >= 11 is 1.33. The van der Waals surface area contributed by atoms with E-state index in [-0.39, 0.29) is 0 Å². The molecule has 0 saturated carbocycles. The van der Waals surface area contributed by atoms with Crippen LogP contribution >= 0.6 is 11.8 Å².